The van der Waals surface area contributed by atoms with Gasteiger partial charge < -0.3 is 4.74 Å². The molecule has 0 atom stereocenters. The Kier molecular flexibility index (Phi) is 4.24. The lowest BCUT2D eigenvalue weighted by atomic mass is 10.1. The SMILES string of the molecule is COc1ccccc1/C=C\CC(C)C. The summed E-state index contributed by atoms with van der Waals surface area (Å²) in [6.45, 7) is 4.43. The van der Waals surface area contributed by atoms with Gasteiger partial charge in [0.05, 0.1) is 7.11 Å². The van der Waals surface area contributed by atoms with E-state index in [1.807, 2.05) is 18.2 Å². The van der Waals surface area contributed by atoms with Gasteiger partial charge in [-0.15, -0.1) is 0 Å². The highest BCUT2D eigenvalue weighted by Gasteiger charge is 1.96. The summed E-state index contributed by atoms with van der Waals surface area (Å²) in [5, 5.41) is 0. The first-order valence-corrected chi connectivity index (χ1v) is 5.03. The average molecular weight is 190 g/mol. The van der Waals surface area contributed by atoms with Gasteiger partial charge >= 0.3 is 0 Å². The fourth-order valence-corrected chi connectivity index (χ4v) is 1.27. The molecule has 0 aliphatic heterocycles. The summed E-state index contributed by atoms with van der Waals surface area (Å²) in [5.74, 6) is 1.65. The summed E-state index contributed by atoms with van der Waals surface area (Å²) in [5.41, 5.74) is 1.15. The van der Waals surface area contributed by atoms with E-state index < -0.39 is 0 Å². The zero-order chi connectivity index (χ0) is 10.4. The third-order valence-electron chi connectivity index (χ3n) is 2.04. The van der Waals surface area contributed by atoms with Crippen molar-refractivity contribution in [3.63, 3.8) is 0 Å². The molecule has 1 aromatic carbocycles. The minimum atomic E-state index is 0.709. The summed E-state index contributed by atoms with van der Waals surface area (Å²) in [4.78, 5) is 0. The standard InChI is InChI=1S/C13H18O/c1-11(2)7-6-9-12-8-4-5-10-13(12)14-3/h4-6,8-11H,7H2,1-3H3/b9-6-. The molecule has 0 fully saturated rings. The molecule has 0 saturated heterocycles. The van der Waals surface area contributed by atoms with E-state index in [-0.39, 0.29) is 0 Å². The van der Waals surface area contributed by atoms with Gasteiger partial charge in [0, 0.05) is 5.56 Å². The van der Waals surface area contributed by atoms with E-state index in [4.69, 9.17) is 4.74 Å². The maximum atomic E-state index is 5.25. The van der Waals surface area contributed by atoms with E-state index in [9.17, 15) is 0 Å². The van der Waals surface area contributed by atoms with Gasteiger partial charge in [0.25, 0.3) is 0 Å². The van der Waals surface area contributed by atoms with Crippen LogP contribution in [0.2, 0.25) is 0 Å². The number of ether oxygens (including phenoxy) is 1. The van der Waals surface area contributed by atoms with Gasteiger partial charge in [0.2, 0.25) is 0 Å². The predicted molar refractivity (Wildman–Crippen MR) is 61.5 cm³/mol. The van der Waals surface area contributed by atoms with Crippen LogP contribution in [0.3, 0.4) is 0 Å². The maximum absolute atomic E-state index is 5.25. The Morgan fingerprint density at radius 1 is 1.29 bits per heavy atom. The number of para-hydroxylation sites is 1. The lowest BCUT2D eigenvalue weighted by Crippen LogP contribution is -1.86. The zero-order valence-electron chi connectivity index (χ0n) is 9.16. The average Bonchev–Trinajstić information content (AvgIpc) is 2.18. The molecule has 0 aliphatic rings. The molecule has 1 aromatic rings. The first kappa shape index (κ1) is 10.8. The Morgan fingerprint density at radius 2 is 2.00 bits per heavy atom. The molecule has 0 aliphatic carbocycles. The lowest BCUT2D eigenvalue weighted by molar-refractivity contribution is 0.414. The fraction of sp³-hybridized carbons (Fsp3) is 0.385. The van der Waals surface area contributed by atoms with Crippen LogP contribution in [0.15, 0.2) is 30.3 Å². The predicted octanol–water partition coefficient (Wildman–Crippen LogP) is 3.75. The topological polar surface area (TPSA) is 9.23 Å². The van der Waals surface area contributed by atoms with Crippen molar-refractivity contribution in [2.45, 2.75) is 20.3 Å². The van der Waals surface area contributed by atoms with Crippen molar-refractivity contribution >= 4 is 6.08 Å². The molecule has 0 N–H and O–H groups in total. The minimum absolute atomic E-state index is 0.709. The second-order valence-corrected chi connectivity index (χ2v) is 3.77. The number of methoxy groups -OCH3 is 1. The monoisotopic (exact) mass is 190 g/mol. The van der Waals surface area contributed by atoms with Crippen LogP contribution in [0.25, 0.3) is 6.08 Å². The van der Waals surface area contributed by atoms with Crippen molar-refractivity contribution in [2.75, 3.05) is 7.11 Å². The van der Waals surface area contributed by atoms with Crippen molar-refractivity contribution < 1.29 is 4.74 Å². The number of hydrogen-bond acceptors (Lipinski definition) is 1. The largest absolute Gasteiger partial charge is 0.496 e. The van der Waals surface area contributed by atoms with Crippen LogP contribution in [-0.2, 0) is 0 Å². The van der Waals surface area contributed by atoms with Crippen molar-refractivity contribution in [3.05, 3.63) is 35.9 Å². The van der Waals surface area contributed by atoms with Crippen molar-refractivity contribution in [3.8, 4) is 5.75 Å². The molecular formula is C13H18O. The van der Waals surface area contributed by atoms with E-state index >= 15 is 0 Å². The highest BCUT2D eigenvalue weighted by molar-refractivity contribution is 5.56. The van der Waals surface area contributed by atoms with Crippen LogP contribution >= 0.6 is 0 Å². The van der Waals surface area contributed by atoms with Gasteiger partial charge in [0.1, 0.15) is 5.75 Å². The summed E-state index contributed by atoms with van der Waals surface area (Å²) in [7, 11) is 1.70. The molecule has 0 heterocycles. The molecule has 0 radical (unpaired) electrons. The van der Waals surface area contributed by atoms with Crippen LogP contribution in [0.5, 0.6) is 5.75 Å². The van der Waals surface area contributed by atoms with E-state index in [0.717, 1.165) is 17.7 Å². The zero-order valence-corrected chi connectivity index (χ0v) is 9.16. The molecule has 1 heteroatoms. The van der Waals surface area contributed by atoms with Crippen LogP contribution < -0.4 is 4.74 Å². The molecule has 0 amide bonds. The number of rotatable bonds is 4. The second-order valence-electron chi connectivity index (χ2n) is 3.77. The molecule has 0 spiro atoms. The number of allylic oxidation sites excluding steroid dienone is 1. The molecular weight excluding hydrogens is 172 g/mol. The quantitative estimate of drug-likeness (QED) is 0.702. The molecule has 1 nitrogen and oxygen atoms in total. The van der Waals surface area contributed by atoms with Gasteiger partial charge in [-0.1, -0.05) is 44.2 Å². The Morgan fingerprint density at radius 3 is 2.64 bits per heavy atom. The van der Waals surface area contributed by atoms with E-state index in [2.05, 4.69) is 32.1 Å². The smallest absolute Gasteiger partial charge is 0.126 e. The maximum Gasteiger partial charge on any atom is 0.126 e. The third-order valence-corrected chi connectivity index (χ3v) is 2.04. The van der Waals surface area contributed by atoms with Gasteiger partial charge in [0.15, 0.2) is 0 Å². The Hall–Kier alpha value is -1.24. The van der Waals surface area contributed by atoms with Gasteiger partial charge in [-0.3, -0.25) is 0 Å². The second kappa shape index (κ2) is 5.48. The highest BCUT2D eigenvalue weighted by Crippen LogP contribution is 2.19. The first-order valence-electron chi connectivity index (χ1n) is 5.03. The molecule has 0 bridgehead atoms. The Bertz CT molecular complexity index is 300. The van der Waals surface area contributed by atoms with E-state index in [1.54, 1.807) is 7.11 Å². The summed E-state index contributed by atoms with van der Waals surface area (Å²) in [6, 6.07) is 8.06. The van der Waals surface area contributed by atoms with Gasteiger partial charge in [-0.05, 0) is 18.4 Å². The molecule has 0 saturated carbocycles. The van der Waals surface area contributed by atoms with Crippen LogP contribution in [-0.4, -0.2) is 7.11 Å². The van der Waals surface area contributed by atoms with Gasteiger partial charge in [-0.25, -0.2) is 0 Å². The summed E-state index contributed by atoms with van der Waals surface area (Å²) < 4.78 is 5.25. The van der Waals surface area contributed by atoms with E-state index in [0.29, 0.717) is 5.92 Å². The van der Waals surface area contributed by atoms with Crippen molar-refractivity contribution in [1.29, 1.82) is 0 Å². The normalized spacial score (nSPS) is 11.1. The molecule has 0 aromatic heterocycles. The van der Waals surface area contributed by atoms with Crippen molar-refractivity contribution in [2.24, 2.45) is 5.92 Å². The Balaban J connectivity index is 2.70. The third kappa shape index (κ3) is 3.25. The molecule has 14 heavy (non-hydrogen) atoms. The van der Waals surface area contributed by atoms with Crippen LogP contribution in [0, 0.1) is 5.92 Å². The number of benzene rings is 1. The molecule has 0 unspecified atom stereocenters. The minimum Gasteiger partial charge on any atom is -0.496 e. The van der Waals surface area contributed by atoms with Crippen LogP contribution in [0.4, 0.5) is 0 Å². The molecule has 1 rings (SSSR count). The summed E-state index contributed by atoms with van der Waals surface area (Å²) in [6.07, 6.45) is 5.43. The fourth-order valence-electron chi connectivity index (χ4n) is 1.27. The molecule has 76 valence electrons. The van der Waals surface area contributed by atoms with Crippen LogP contribution in [0.1, 0.15) is 25.8 Å². The van der Waals surface area contributed by atoms with Crippen molar-refractivity contribution in [1.82, 2.24) is 0 Å². The van der Waals surface area contributed by atoms with E-state index in [1.165, 1.54) is 0 Å². The first-order chi connectivity index (χ1) is 6.74. The number of hydrogen-bond donors (Lipinski definition) is 0. The summed E-state index contributed by atoms with van der Waals surface area (Å²) >= 11 is 0. The Labute approximate surface area is 86.4 Å². The van der Waals surface area contributed by atoms with Gasteiger partial charge in [-0.2, -0.15) is 0 Å². The highest BCUT2D eigenvalue weighted by atomic mass is 16.5. The lowest BCUT2D eigenvalue weighted by Gasteiger charge is -2.03.